The highest BCUT2D eigenvalue weighted by Gasteiger charge is 2.14. The maximum absolute atomic E-state index is 12.7. The minimum atomic E-state index is -0.235. The number of pyridine rings is 1. The number of likely N-dealkylation sites (tertiary alicyclic amines) is 1. The summed E-state index contributed by atoms with van der Waals surface area (Å²) in [5, 5.41) is 0. The predicted molar refractivity (Wildman–Crippen MR) is 138 cm³/mol. The lowest BCUT2D eigenvalue weighted by Crippen LogP contribution is -2.18. The van der Waals surface area contributed by atoms with Crippen LogP contribution in [0.1, 0.15) is 24.0 Å². The molecule has 1 fully saturated rings. The molecule has 35 heavy (non-hydrogen) atoms. The third-order valence-electron chi connectivity index (χ3n) is 6.47. The average molecular weight is 474 g/mol. The van der Waals surface area contributed by atoms with Crippen molar-refractivity contribution in [3.63, 3.8) is 0 Å². The molecular weight excluding hydrogens is 442 g/mol. The average Bonchev–Trinajstić information content (AvgIpc) is 3.48. The molecule has 0 aliphatic carbocycles. The maximum Gasteiger partial charge on any atom is 0.326 e. The summed E-state index contributed by atoms with van der Waals surface area (Å²) in [4.78, 5) is 22.3. The van der Waals surface area contributed by atoms with E-state index in [4.69, 9.17) is 15.2 Å². The number of fused-ring (bicyclic) bond motifs is 1. The van der Waals surface area contributed by atoms with E-state index in [9.17, 15) is 4.79 Å². The van der Waals surface area contributed by atoms with Crippen molar-refractivity contribution in [2.75, 3.05) is 39.1 Å². The van der Waals surface area contributed by atoms with Crippen molar-refractivity contribution >= 4 is 16.9 Å². The highest BCUT2D eigenvalue weighted by Crippen LogP contribution is 2.25. The number of hydrogen-bond acceptors (Lipinski definition) is 6. The molecule has 3 heterocycles. The molecule has 2 aromatic carbocycles. The van der Waals surface area contributed by atoms with E-state index in [1.54, 1.807) is 17.7 Å². The van der Waals surface area contributed by atoms with Crippen LogP contribution in [0.15, 0.2) is 59.4 Å². The Bertz CT molecular complexity index is 1350. The highest BCUT2D eigenvalue weighted by molar-refractivity contribution is 5.85. The molecule has 0 atom stereocenters. The number of rotatable bonds is 9. The number of H-pyrrole nitrogens is 1. The second-order valence-corrected chi connectivity index (χ2v) is 8.98. The van der Waals surface area contributed by atoms with Gasteiger partial charge in [-0.05, 0) is 54.3 Å². The van der Waals surface area contributed by atoms with Crippen LogP contribution in [-0.4, -0.2) is 52.8 Å². The minimum absolute atomic E-state index is 0.231. The summed E-state index contributed by atoms with van der Waals surface area (Å²) in [6.45, 7) is 4.58. The number of hydrogen-bond donors (Lipinski definition) is 2. The summed E-state index contributed by atoms with van der Waals surface area (Å²) in [5.74, 6) is 0.596. The fourth-order valence-corrected chi connectivity index (χ4v) is 4.65. The maximum atomic E-state index is 12.7. The highest BCUT2D eigenvalue weighted by atomic mass is 16.5. The zero-order valence-electron chi connectivity index (χ0n) is 20.0. The molecule has 0 spiro atoms. The van der Waals surface area contributed by atoms with Crippen molar-refractivity contribution in [3.8, 4) is 17.0 Å². The summed E-state index contributed by atoms with van der Waals surface area (Å²) in [7, 11) is 1.61. The Kier molecular flexibility index (Phi) is 6.83. The van der Waals surface area contributed by atoms with Crippen LogP contribution in [-0.2, 0) is 17.8 Å². The van der Waals surface area contributed by atoms with E-state index in [1.165, 1.54) is 37.1 Å². The van der Waals surface area contributed by atoms with Crippen molar-refractivity contribution in [2.45, 2.75) is 25.9 Å². The van der Waals surface area contributed by atoms with Gasteiger partial charge in [0.25, 0.3) is 0 Å². The molecule has 0 unspecified atom stereocenters. The zero-order valence-corrected chi connectivity index (χ0v) is 20.0. The molecule has 1 aliphatic rings. The van der Waals surface area contributed by atoms with Gasteiger partial charge in [0, 0.05) is 19.7 Å². The number of nitrogens with zero attached hydrogens (tertiary/aromatic N) is 3. The number of aromatic amines is 1. The van der Waals surface area contributed by atoms with Gasteiger partial charge in [0.2, 0.25) is 5.88 Å². The molecule has 0 saturated carbocycles. The van der Waals surface area contributed by atoms with Gasteiger partial charge in [-0.25, -0.2) is 4.79 Å². The Hall–Kier alpha value is -3.62. The first-order valence-corrected chi connectivity index (χ1v) is 12.0. The second kappa shape index (κ2) is 10.3. The number of benzene rings is 2. The van der Waals surface area contributed by atoms with Gasteiger partial charge in [0.15, 0.2) is 5.82 Å². The van der Waals surface area contributed by atoms with Gasteiger partial charge in [-0.1, -0.05) is 42.5 Å². The van der Waals surface area contributed by atoms with Gasteiger partial charge in [0.05, 0.1) is 18.7 Å². The van der Waals surface area contributed by atoms with E-state index < -0.39 is 0 Å². The van der Waals surface area contributed by atoms with Gasteiger partial charge in [-0.15, -0.1) is 0 Å². The van der Waals surface area contributed by atoms with Crippen LogP contribution >= 0.6 is 0 Å². The Labute approximate surface area is 204 Å². The molecule has 0 bridgehead atoms. The van der Waals surface area contributed by atoms with Crippen LogP contribution in [0.5, 0.6) is 5.88 Å². The number of nitrogen functional groups attached to an aromatic ring is 1. The lowest BCUT2D eigenvalue weighted by Gasteiger charge is -2.15. The number of nitrogens with one attached hydrogen (secondary N) is 1. The SMILES string of the molecule is COCCOc1cc2c([nH]c(=O)n2Cc2ccc(-c3cccc(CN4CCCC4)c3)cc2)c(N)n1. The molecule has 5 rings (SSSR count). The topological polar surface area (TPSA) is 98.4 Å². The molecule has 8 heteroatoms. The lowest BCUT2D eigenvalue weighted by molar-refractivity contribution is 0.144. The van der Waals surface area contributed by atoms with Gasteiger partial charge in [-0.3, -0.25) is 9.47 Å². The summed E-state index contributed by atoms with van der Waals surface area (Å²) in [5.41, 5.74) is 11.7. The van der Waals surface area contributed by atoms with Crippen LogP contribution in [0.4, 0.5) is 5.82 Å². The fourth-order valence-electron chi connectivity index (χ4n) is 4.65. The molecule has 1 aliphatic heterocycles. The van der Waals surface area contributed by atoms with Crippen molar-refractivity contribution < 1.29 is 9.47 Å². The summed E-state index contributed by atoms with van der Waals surface area (Å²) < 4.78 is 12.3. The molecule has 2 aromatic heterocycles. The first-order valence-electron chi connectivity index (χ1n) is 12.0. The summed E-state index contributed by atoms with van der Waals surface area (Å²) >= 11 is 0. The monoisotopic (exact) mass is 473 g/mol. The van der Waals surface area contributed by atoms with E-state index in [2.05, 4.69) is 63.4 Å². The molecule has 1 saturated heterocycles. The third kappa shape index (κ3) is 5.23. The van der Waals surface area contributed by atoms with E-state index >= 15 is 0 Å². The number of anilines is 1. The second-order valence-electron chi connectivity index (χ2n) is 8.98. The Morgan fingerprint density at radius 2 is 1.77 bits per heavy atom. The van der Waals surface area contributed by atoms with Crippen LogP contribution in [0, 0.1) is 0 Å². The quantitative estimate of drug-likeness (QED) is 0.360. The van der Waals surface area contributed by atoms with Gasteiger partial charge in [0.1, 0.15) is 12.1 Å². The lowest BCUT2D eigenvalue weighted by atomic mass is 10.0. The molecule has 4 aromatic rings. The first kappa shape index (κ1) is 23.1. The number of imidazole rings is 1. The Morgan fingerprint density at radius 1 is 0.971 bits per heavy atom. The molecular formula is C27H31N5O3. The van der Waals surface area contributed by atoms with Gasteiger partial charge in [-0.2, -0.15) is 4.98 Å². The third-order valence-corrected chi connectivity index (χ3v) is 6.47. The van der Waals surface area contributed by atoms with Crippen molar-refractivity contribution in [1.29, 1.82) is 0 Å². The fraction of sp³-hybridized carbons (Fsp3) is 0.333. The first-order chi connectivity index (χ1) is 17.1. The number of nitrogens with two attached hydrogens (primary N) is 1. The van der Waals surface area contributed by atoms with Crippen LogP contribution in [0.25, 0.3) is 22.2 Å². The predicted octanol–water partition coefficient (Wildman–Crippen LogP) is 3.64. The van der Waals surface area contributed by atoms with Crippen LogP contribution in [0.3, 0.4) is 0 Å². The zero-order chi connectivity index (χ0) is 24.2. The van der Waals surface area contributed by atoms with E-state index in [1.807, 2.05) is 0 Å². The number of methoxy groups -OCH3 is 1. The molecule has 8 nitrogen and oxygen atoms in total. The van der Waals surface area contributed by atoms with Crippen LogP contribution in [0.2, 0.25) is 0 Å². The summed E-state index contributed by atoms with van der Waals surface area (Å²) in [6.07, 6.45) is 2.60. The normalized spacial score (nSPS) is 14.1. The van der Waals surface area contributed by atoms with Gasteiger partial charge >= 0.3 is 5.69 Å². The molecule has 0 radical (unpaired) electrons. The number of ether oxygens (including phenoxy) is 2. The largest absolute Gasteiger partial charge is 0.475 e. The van der Waals surface area contributed by atoms with Crippen molar-refractivity contribution in [1.82, 2.24) is 19.4 Å². The standard InChI is InChI=1S/C27H31N5O3/c1-34-13-14-35-24-16-23-25(26(28)29-24)30-27(33)32(23)18-19-7-9-21(10-8-19)22-6-4-5-20(15-22)17-31-11-2-3-12-31/h4-10,15-16H,2-3,11-14,17-18H2,1H3,(H2,28,29)(H,30,33). The summed E-state index contributed by atoms with van der Waals surface area (Å²) in [6, 6.07) is 18.8. The molecule has 0 amide bonds. The van der Waals surface area contributed by atoms with Crippen LogP contribution < -0.4 is 16.2 Å². The Balaban J connectivity index is 1.35. The van der Waals surface area contributed by atoms with Crippen molar-refractivity contribution in [3.05, 3.63) is 76.2 Å². The number of aromatic nitrogens is 3. The Morgan fingerprint density at radius 3 is 2.54 bits per heavy atom. The van der Waals surface area contributed by atoms with Gasteiger partial charge < -0.3 is 20.2 Å². The molecule has 3 N–H and O–H groups in total. The minimum Gasteiger partial charge on any atom is -0.475 e. The van der Waals surface area contributed by atoms with E-state index in [0.29, 0.717) is 36.7 Å². The smallest absolute Gasteiger partial charge is 0.326 e. The molecule has 182 valence electrons. The van der Waals surface area contributed by atoms with Crippen molar-refractivity contribution in [2.24, 2.45) is 0 Å². The van der Waals surface area contributed by atoms with E-state index in [-0.39, 0.29) is 11.5 Å². The van der Waals surface area contributed by atoms with E-state index in [0.717, 1.165) is 17.7 Å².